The lowest BCUT2D eigenvalue weighted by molar-refractivity contribution is -0.253. The number of halogens is 1. The molecule has 0 fully saturated rings. The van der Waals surface area contributed by atoms with Gasteiger partial charge in [-0.3, -0.25) is 4.79 Å². The number of carbonyl (C=O) groups excluding carboxylic acids is 1. The summed E-state index contributed by atoms with van der Waals surface area (Å²) in [6.45, 7) is 1.46. The third kappa shape index (κ3) is 6.00. The number of carbonyl (C=O) groups is 1. The zero-order valence-electron chi connectivity index (χ0n) is 13.2. The Labute approximate surface area is 140 Å². The molecule has 0 aliphatic heterocycles. The van der Waals surface area contributed by atoms with Gasteiger partial charge in [0.25, 0.3) is 0 Å². The third-order valence-corrected chi connectivity index (χ3v) is 3.42. The first-order valence-electron chi connectivity index (χ1n) is 7.06. The maximum Gasteiger partial charge on any atom is 0.221 e. The Morgan fingerprint density at radius 3 is 2.35 bits per heavy atom. The smallest absolute Gasteiger partial charge is 0.221 e. The van der Waals surface area contributed by atoms with E-state index in [0.29, 0.717) is 17.1 Å². The van der Waals surface area contributed by atoms with E-state index in [1.54, 1.807) is 18.2 Å². The van der Waals surface area contributed by atoms with Crippen LogP contribution in [-0.2, 0) is 11.2 Å². The molecule has 0 radical (unpaired) electrons. The lowest BCUT2D eigenvalue weighted by Crippen LogP contribution is -2.41. The summed E-state index contributed by atoms with van der Waals surface area (Å²) in [4.78, 5) is 11.1. The average molecular weight is 338 g/mol. The number of benzene rings is 2. The standard InChI is InChI=1S/C16H17ClN2O2.CH4O/c1-10(20)19-15-7-2-11(8-14(15)18)9-16(21)12-3-5-13(17)6-4-12;1-2/h2-8,16,21H,9,18H2,1H3,(H,19,20);2H,1H3/p+1. The van der Waals surface area contributed by atoms with Crippen molar-refractivity contribution >= 4 is 28.9 Å². The SMILES string of the molecule is CC(=O)Nc1ccc(CC(O)c2ccc(Cl)cc2)cc1[NH3+].CO. The number of hydrogen-bond acceptors (Lipinski definition) is 3. The fourth-order valence-electron chi connectivity index (χ4n) is 2.11. The lowest BCUT2D eigenvalue weighted by atomic mass is 10.0. The molecule has 23 heavy (non-hydrogen) atoms. The van der Waals surface area contributed by atoms with Crippen molar-refractivity contribution in [1.82, 2.24) is 0 Å². The van der Waals surface area contributed by atoms with Gasteiger partial charge in [-0.15, -0.1) is 0 Å². The molecule has 5 nitrogen and oxygen atoms in total. The van der Waals surface area contributed by atoms with E-state index in [9.17, 15) is 9.90 Å². The molecule has 1 atom stereocenters. The summed E-state index contributed by atoms with van der Waals surface area (Å²) < 4.78 is 0. The number of amides is 1. The van der Waals surface area contributed by atoms with E-state index in [2.05, 4.69) is 11.1 Å². The highest BCUT2D eigenvalue weighted by Crippen LogP contribution is 2.24. The van der Waals surface area contributed by atoms with E-state index >= 15 is 0 Å². The van der Waals surface area contributed by atoms with Crippen molar-refractivity contribution in [2.75, 3.05) is 12.4 Å². The van der Waals surface area contributed by atoms with Crippen molar-refractivity contribution in [1.29, 1.82) is 0 Å². The van der Waals surface area contributed by atoms with Gasteiger partial charge in [0.2, 0.25) is 5.91 Å². The van der Waals surface area contributed by atoms with Gasteiger partial charge in [-0.25, -0.2) is 0 Å². The third-order valence-electron chi connectivity index (χ3n) is 3.16. The molecule has 0 heterocycles. The maximum absolute atomic E-state index is 11.1. The second kappa shape index (κ2) is 9.27. The van der Waals surface area contributed by atoms with E-state index in [4.69, 9.17) is 16.7 Å². The van der Waals surface area contributed by atoms with Crippen molar-refractivity contribution in [3.63, 3.8) is 0 Å². The number of aliphatic hydroxyl groups is 2. The first kappa shape index (κ1) is 19.1. The predicted molar refractivity (Wildman–Crippen MR) is 91.6 cm³/mol. The monoisotopic (exact) mass is 337 g/mol. The fourth-order valence-corrected chi connectivity index (χ4v) is 2.24. The highest BCUT2D eigenvalue weighted by Gasteiger charge is 2.11. The Hall–Kier alpha value is -1.92. The van der Waals surface area contributed by atoms with Gasteiger partial charge in [0.15, 0.2) is 5.69 Å². The van der Waals surface area contributed by atoms with Crippen LogP contribution in [0.25, 0.3) is 0 Å². The highest BCUT2D eigenvalue weighted by atomic mass is 35.5. The molecule has 6 heteroatoms. The number of quaternary nitrogens is 1. The van der Waals surface area contributed by atoms with Gasteiger partial charge in [-0.1, -0.05) is 29.8 Å². The molecule has 124 valence electrons. The molecular weight excluding hydrogens is 316 g/mol. The van der Waals surface area contributed by atoms with Crippen LogP contribution in [0.3, 0.4) is 0 Å². The number of anilines is 1. The average Bonchev–Trinajstić information content (AvgIpc) is 2.52. The summed E-state index contributed by atoms with van der Waals surface area (Å²) in [5.74, 6) is -0.131. The van der Waals surface area contributed by atoms with Crippen LogP contribution in [0, 0.1) is 0 Å². The molecule has 6 N–H and O–H groups in total. The van der Waals surface area contributed by atoms with Gasteiger partial charge in [0, 0.05) is 31.5 Å². The first-order chi connectivity index (χ1) is 11.0. The van der Waals surface area contributed by atoms with Crippen LogP contribution >= 0.6 is 11.6 Å². The summed E-state index contributed by atoms with van der Waals surface area (Å²) >= 11 is 5.83. The van der Waals surface area contributed by atoms with E-state index in [1.807, 2.05) is 24.3 Å². The Balaban J connectivity index is 0.00000127. The second-order valence-electron chi connectivity index (χ2n) is 4.94. The van der Waals surface area contributed by atoms with Crippen molar-refractivity contribution in [2.45, 2.75) is 19.4 Å². The van der Waals surface area contributed by atoms with Gasteiger partial charge >= 0.3 is 0 Å². The number of hydrogen-bond donors (Lipinski definition) is 4. The van der Waals surface area contributed by atoms with Gasteiger partial charge < -0.3 is 21.3 Å². The molecule has 0 aliphatic rings. The zero-order valence-corrected chi connectivity index (χ0v) is 14.0. The Morgan fingerprint density at radius 2 is 1.83 bits per heavy atom. The van der Waals surface area contributed by atoms with Crippen molar-refractivity contribution in [3.05, 3.63) is 58.6 Å². The lowest BCUT2D eigenvalue weighted by Gasteiger charge is -2.12. The molecule has 0 saturated heterocycles. The quantitative estimate of drug-likeness (QED) is 0.687. The molecular formula is C17H22ClN2O3+. The predicted octanol–water partition coefficient (Wildman–Crippen LogP) is 2.06. The van der Waals surface area contributed by atoms with Gasteiger partial charge in [0.05, 0.1) is 6.10 Å². The van der Waals surface area contributed by atoms with Crippen molar-refractivity contribution in [2.24, 2.45) is 0 Å². The Morgan fingerprint density at radius 1 is 1.22 bits per heavy atom. The molecule has 0 spiro atoms. The number of aliphatic hydroxyl groups excluding tert-OH is 2. The Bertz CT molecular complexity index is 645. The highest BCUT2D eigenvalue weighted by molar-refractivity contribution is 6.30. The maximum atomic E-state index is 11.1. The van der Waals surface area contributed by atoms with E-state index in [-0.39, 0.29) is 5.91 Å². The van der Waals surface area contributed by atoms with Crippen molar-refractivity contribution in [3.8, 4) is 0 Å². The van der Waals surface area contributed by atoms with E-state index in [1.165, 1.54) is 6.92 Å². The molecule has 0 aromatic heterocycles. The first-order valence-corrected chi connectivity index (χ1v) is 7.44. The van der Waals surface area contributed by atoms with Crippen LogP contribution in [-0.4, -0.2) is 23.2 Å². The van der Waals surface area contributed by atoms with Gasteiger partial charge in [0.1, 0.15) is 5.69 Å². The fraction of sp³-hybridized carbons (Fsp3) is 0.235. The normalized spacial score (nSPS) is 11.2. The minimum absolute atomic E-state index is 0.131. The van der Waals surface area contributed by atoms with E-state index in [0.717, 1.165) is 23.9 Å². The molecule has 2 aromatic carbocycles. The van der Waals surface area contributed by atoms with Crippen LogP contribution in [0.1, 0.15) is 24.2 Å². The number of rotatable bonds is 4. The minimum Gasteiger partial charge on any atom is -0.400 e. The summed E-state index contributed by atoms with van der Waals surface area (Å²) in [6, 6.07) is 12.7. The summed E-state index contributed by atoms with van der Waals surface area (Å²) in [5.41, 5.74) is 7.10. The largest absolute Gasteiger partial charge is 0.400 e. The molecule has 1 unspecified atom stereocenters. The van der Waals surface area contributed by atoms with Gasteiger partial charge in [-0.05, 0) is 29.3 Å². The Kier molecular flexibility index (Phi) is 7.71. The summed E-state index contributed by atoms with van der Waals surface area (Å²) in [5, 5.41) is 20.6. The van der Waals surface area contributed by atoms with Crippen LogP contribution in [0.2, 0.25) is 5.02 Å². The molecule has 1 amide bonds. The molecule has 2 aromatic rings. The minimum atomic E-state index is -0.603. The molecule has 0 saturated carbocycles. The van der Waals surface area contributed by atoms with E-state index < -0.39 is 6.10 Å². The van der Waals surface area contributed by atoms with Gasteiger partial charge in [-0.2, -0.15) is 0 Å². The van der Waals surface area contributed by atoms with Crippen LogP contribution < -0.4 is 11.1 Å². The van der Waals surface area contributed by atoms with Crippen LogP contribution in [0.15, 0.2) is 42.5 Å². The topological polar surface area (TPSA) is 97.2 Å². The van der Waals surface area contributed by atoms with Crippen LogP contribution in [0.5, 0.6) is 0 Å². The molecule has 0 bridgehead atoms. The zero-order chi connectivity index (χ0) is 17.4. The summed E-state index contributed by atoms with van der Waals surface area (Å²) in [6.07, 6.45) is -0.127. The molecule has 0 aliphatic carbocycles. The number of nitrogens with one attached hydrogen (secondary N) is 1. The van der Waals surface area contributed by atoms with Crippen molar-refractivity contribution < 1.29 is 20.7 Å². The summed E-state index contributed by atoms with van der Waals surface area (Å²) in [7, 11) is 1.00. The second-order valence-corrected chi connectivity index (χ2v) is 5.38. The molecule has 2 rings (SSSR count). The van der Waals surface area contributed by atoms with Crippen LogP contribution in [0.4, 0.5) is 11.4 Å².